The predicted octanol–water partition coefficient (Wildman–Crippen LogP) is 1.64. The SMILES string of the molecule is CCN(C)C(=O)Cn1ccc(C(NC)C2CC2)c1. The maximum atomic E-state index is 11.8. The molecule has 1 amide bonds. The molecule has 0 saturated heterocycles. The number of carbonyl (C=O) groups excluding carboxylic acids is 1. The van der Waals surface area contributed by atoms with Gasteiger partial charge in [0.05, 0.1) is 0 Å². The molecule has 18 heavy (non-hydrogen) atoms. The average Bonchev–Trinajstić information content (AvgIpc) is 3.10. The van der Waals surface area contributed by atoms with Crippen LogP contribution in [0.15, 0.2) is 18.5 Å². The molecule has 1 atom stereocenters. The summed E-state index contributed by atoms with van der Waals surface area (Å²) in [7, 11) is 3.85. The van der Waals surface area contributed by atoms with Crippen molar-refractivity contribution in [1.29, 1.82) is 0 Å². The van der Waals surface area contributed by atoms with E-state index >= 15 is 0 Å². The highest BCUT2D eigenvalue weighted by molar-refractivity contribution is 5.75. The van der Waals surface area contributed by atoms with Crippen LogP contribution in [0.25, 0.3) is 0 Å². The fraction of sp³-hybridized carbons (Fsp3) is 0.643. The minimum absolute atomic E-state index is 0.159. The Morgan fingerprint density at radius 1 is 1.61 bits per heavy atom. The standard InChI is InChI=1S/C14H23N3O/c1-4-16(3)13(18)10-17-8-7-12(9-17)14(15-2)11-5-6-11/h7-9,11,14-15H,4-6,10H2,1-3H3. The zero-order chi connectivity index (χ0) is 13.1. The number of carbonyl (C=O) groups is 1. The van der Waals surface area contributed by atoms with Gasteiger partial charge in [0.2, 0.25) is 5.91 Å². The molecule has 1 aromatic rings. The van der Waals surface area contributed by atoms with Crippen LogP contribution in [0.4, 0.5) is 0 Å². The van der Waals surface area contributed by atoms with Crippen LogP contribution >= 0.6 is 0 Å². The van der Waals surface area contributed by atoms with Crippen molar-refractivity contribution in [1.82, 2.24) is 14.8 Å². The monoisotopic (exact) mass is 249 g/mol. The summed E-state index contributed by atoms with van der Waals surface area (Å²) in [6.07, 6.45) is 6.73. The summed E-state index contributed by atoms with van der Waals surface area (Å²) in [5.41, 5.74) is 1.30. The summed E-state index contributed by atoms with van der Waals surface area (Å²) in [4.78, 5) is 13.6. The van der Waals surface area contributed by atoms with Crippen LogP contribution in [-0.2, 0) is 11.3 Å². The molecule has 1 saturated carbocycles. The van der Waals surface area contributed by atoms with Crippen LogP contribution in [0.1, 0.15) is 31.4 Å². The van der Waals surface area contributed by atoms with Gasteiger partial charge in [0.1, 0.15) is 6.54 Å². The van der Waals surface area contributed by atoms with E-state index < -0.39 is 0 Å². The van der Waals surface area contributed by atoms with Crippen LogP contribution < -0.4 is 5.32 Å². The lowest BCUT2D eigenvalue weighted by Crippen LogP contribution is -2.29. The van der Waals surface area contributed by atoms with Gasteiger partial charge in [-0.2, -0.15) is 0 Å². The summed E-state index contributed by atoms with van der Waals surface area (Å²) < 4.78 is 1.98. The van der Waals surface area contributed by atoms with Gasteiger partial charge < -0.3 is 14.8 Å². The molecule has 0 bridgehead atoms. The van der Waals surface area contributed by atoms with E-state index in [4.69, 9.17) is 0 Å². The van der Waals surface area contributed by atoms with Crippen LogP contribution in [0.2, 0.25) is 0 Å². The fourth-order valence-corrected chi connectivity index (χ4v) is 2.30. The lowest BCUT2D eigenvalue weighted by atomic mass is 10.1. The number of likely N-dealkylation sites (N-methyl/N-ethyl adjacent to an activating group) is 1. The van der Waals surface area contributed by atoms with Crippen LogP contribution in [0.3, 0.4) is 0 Å². The van der Waals surface area contributed by atoms with Gasteiger partial charge in [-0.25, -0.2) is 0 Å². The molecule has 0 aromatic carbocycles. The Bertz CT molecular complexity index is 409. The Balaban J connectivity index is 1.99. The highest BCUT2D eigenvalue weighted by atomic mass is 16.2. The van der Waals surface area contributed by atoms with Crippen molar-refractivity contribution in [3.63, 3.8) is 0 Å². The molecular formula is C14H23N3O. The van der Waals surface area contributed by atoms with Gasteiger partial charge in [0.25, 0.3) is 0 Å². The Kier molecular flexibility index (Phi) is 4.07. The van der Waals surface area contributed by atoms with Gasteiger partial charge in [-0.15, -0.1) is 0 Å². The minimum atomic E-state index is 0.159. The topological polar surface area (TPSA) is 37.3 Å². The lowest BCUT2D eigenvalue weighted by Gasteiger charge is -2.15. The van der Waals surface area contributed by atoms with Crippen LogP contribution in [-0.4, -0.2) is 36.0 Å². The first-order valence-corrected chi connectivity index (χ1v) is 6.72. The van der Waals surface area contributed by atoms with Crippen molar-refractivity contribution in [3.8, 4) is 0 Å². The van der Waals surface area contributed by atoms with Crippen LogP contribution in [0, 0.1) is 5.92 Å². The third-order valence-electron chi connectivity index (χ3n) is 3.75. The first-order valence-electron chi connectivity index (χ1n) is 6.72. The zero-order valence-electron chi connectivity index (χ0n) is 11.5. The second-order valence-electron chi connectivity index (χ2n) is 5.13. The maximum absolute atomic E-state index is 11.8. The highest BCUT2D eigenvalue weighted by Gasteiger charge is 2.31. The van der Waals surface area contributed by atoms with Crippen molar-refractivity contribution >= 4 is 5.91 Å². The molecule has 1 heterocycles. The van der Waals surface area contributed by atoms with Gasteiger partial charge in [-0.3, -0.25) is 4.79 Å². The van der Waals surface area contributed by atoms with Gasteiger partial charge in [0, 0.05) is 32.0 Å². The lowest BCUT2D eigenvalue weighted by molar-refractivity contribution is -0.130. The quantitative estimate of drug-likeness (QED) is 0.832. The Labute approximate surface area is 109 Å². The number of hydrogen-bond acceptors (Lipinski definition) is 2. The highest BCUT2D eigenvalue weighted by Crippen LogP contribution is 2.40. The molecule has 0 radical (unpaired) electrons. The maximum Gasteiger partial charge on any atom is 0.242 e. The molecule has 4 nitrogen and oxygen atoms in total. The third-order valence-corrected chi connectivity index (χ3v) is 3.75. The van der Waals surface area contributed by atoms with E-state index in [0.717, 1.165) is 12.5 Å². The summed E-state index contributed by atoms with van der Waals surface area (Å²) in [6.45, 7) is 3.18. The van der Waals surface area contributed by atoms with E-state index in [1.807, 2.05) is 31.8 Å². The van der Waals surface area contributed by atoms with E-state index in [1.54, 1.807) is 4.90 Å². The van der Waals surface area contributed by atoms with Gasteiger partial charge in [-0.1, -0.05) is 0 Å². The fourth-order valence-electron chi connectivity index (χ4n) is 2.30. The zero-order valence-corrected chi connectivity index (χ0v) is 11.5. The van der Waals surface area contributed by atoms with Gasteiger partial charge >= 0.3 is 0 Å². The third kappa shape index (κ3) is 2.93. The first-order chi connectivity index (χ1) is 8.65. The second kappa shape index (κ2) is 5.57. The molecule has 4 heteroatoms. The Morgan fingerprint density at radius 3 is 2.89 bits per heavy atom. The van der Waals surface area contributed by atoms with Crippen LogP contribution in [0.5, 0.6) is 0 Å². The number of amides is 1. The molecule has 1 N–H and O–H groups in total. The summed E-state index contributed by atoms with van der Waals surface area (Å²) in [5.74, 6) is 0.937. The normalized spacial score (nSPS) is 16.6. The molecule has 1 aliphatic carbocycles. The largest absolute Gasteiger partial charge is 0.345 e. The van der Waals surface area contributed by atoms with E-state index in [0.29, 0.717) is 12.6 Å². The van der Waals surface area contributed by atoms with E-state index in [9.17, 15) is 4.79 Å². The average molecular weight is 249 g/mol. The molecule has 1 fully saturated rings. The van der Waals surface area contributed by atoms with E-state index in [-0.39, 0.29) is 5.91 Å². The van der Waals surface area contributed by atoms with Crippen molar-refractivity contribution in [2.24, 2.45) is 5.92 Å². The molecule has 0 aliphatic heterocycles. The molecule has 100 valence electrons. The molecule has 1 aromatic heterocycles. The number of nitrogens with zero attached hydrogens (tertiary/aromatic N) is 2. The number of nitrogens with one attached hydrogen (secondary N) is 1. The number of aromatic nitrogens is 1. The molecular weight excluding hydrogens is 226 g/mol. The summed E-state index contributed by atoms with van der Waals surface area (Å²) in [6, 6.07) is 2.57. The number of rotatable bonds is 6. The molecule has 1 aliphatic rings. The van der Waals surface area contributed by atoms with Crippen molar-refractivity contribution in [3.05, 3.63) is 24.0 Å². The summed E-state index contributed by atoms with van der Waals surface area (Å²) >= 11 is 0. The number of hydrogen-bond donors (Lipinski definition) is 1. The Hall–Kier alpha value is -1.29. The molecule has 0 spiro atoms. The molecule has 2 rings (SSSR count). The Morgan fingerprint density at radius 2 is 2.33 bits per heavy atom. The van der Waals surface area contributed by atoms with E-state index in [1.165, 1.54) is 18.4 Å². The minimum Gasteiger partial charge on any atom is -0.345 e. The van der Waals surface area contributed by atoms with E-state index in [2.05, 4.69) is 17.6 Å². The van der Waals surface area contributed by atoms with Crippen molar-refractivity contribution in [2.75, 3.05) is 20.6 Å². The van der Waals surface area contributed by atoms with Gasteiger partial charge in [-0.05, 0) is 44.4 Å². The second-order valence-corrected chi connectivity index (χ2v) is 5.13. The van der Waals surface area contributed by atoms with Gasteiger partial charge in [0.15, 0.2) is 0 Å². The van der Waals surface area contributed by atoms with Crippen molar-refractivity contribution in [2.45, 2.75) is 32.4 Å². The smallest absolute Gasteiger partial charge is 0.242 e. The molecule has 1 unspecified atom stereocenters. The predicted molar refractivity (Wildman–Crippen MR) is 72.3 cm³/mol. The summed E-state index contributed by atoms with van der Waals surface area (Å²) in [5, 5.41) is 3.37. The van der Waals surface area contributed by atoms with Crippen molar-refractivity contribution < 1.29 is 4.79 Å². The first kappa shape index (κ1) is 13.1.